The molecular weight excluding hydrogens is 423 g/mol. The lowest BCUT2D eigenvalue weighted by molar-refractivity contribution is 0.101. The fourth-order valence-electron chi connectivity index (χ4n) is 2.71. The van der Waals surface area contributed by atoms with Gasteiger partial charge in [-0.1, -0.05) is 34.8 Å². The zero-order valence-electron chi connectivity index (χ0n) is 14.1. The fourth-order valence-corrected chi connectivity index (χ4v) is 3.18. The molecule has 4 rings (SSSR count). The van der Waals surface area contributed by atoms with E-state index in [4.69, 9.17) is 39.5 Å². The summed E-state index contributed by atoms with van der Waals surface area (Å²) in [7, 11) is 0. The molecule has 3 aromatic rings. The number of hydrogen-bond donors (Lipinski definition) is 2. The Labute approximate surface area is 175 Å². The van der Waals surface area contributed by atoms with Crippen LogP contribution >= 0.6 is 34.8 Å². The van der Waals surface area contributed by atoms with Crippen molar-refractivity contribution in [2.75, 3.05) is 10.6 Å². The van der Waals surface area contributed by atoms with Gasteiger partial charge in [-0.05, 0) is 54.6 Å². The maximum absolute atomic E-state index is 12.6. The summed E-state index contributed by atoms with van der Waals surface area (Å²) in [6.07, 6.45) is 0. The van der Waals surface area contributed by atoms with Crippen molar-refractivity contribution in [2.24, 2.45) is 0 Å². The van der Waals surface area contributed by atoms with Crippen LogP contribution in [-0.2, 0) is 0 Å². The highest BCUT2D eigenvalue weighted by atomic mass is 35.5. The van der Waals surface area contributed by atoms with E-state index in [1.165, 1.54) is 12.1 Å². The van der Waals surface area contributed by atoms with E-state index in [1.807, 2.05) is 0 Å². The van der Waals surface area contributed by atoms with E-state index in [9.17, 15) is 9.59 Å². The van der Waals surface area contributed by atoms with Crippen LogP contribution in [0.15, 0.2) is 54.6 Å². The maximum Gasteiger partial charge on any atom is 0.259 e. The minimum atomic E-state index is -0.386. The van der Waals surface area contributed by atoms with E-state index < -0.39 is 0 Å². The molecule has 8 heteroatoms. The summed E-state index contributed by atoms with van der Waals surface area (Å²) in [5.74, 6) is 0.0837. The Kier molecular flexibility index (Phi) is 4.89. The van der Waals surface area contributed by atoms with Gasteiger partial charge in [-0.2, -0.15) is 0 Å². The molecule has 28 heavy (non-hydrogen) atoms. The van der Waals surface area contributed by atoms with E-state index >= 15 is 0 Å². The third kappa shape index (κ3) is 3.64. The minimum Gasteiger partial charge on any atom is -0.454 e. The van der Waals surface area contributed by atoms with Crippen molar-refractivity contribution >= 4 is 58.0 Å². The number of anilines is 2. The molecule has 3 aromatic carbocycles. The average molecular weight is 434 g/mol. The molecule has 0 atom stereocenters. The van der Waals surface area contributed by atoms with Crippen LogP contribution in [0.4, 0.5) is 11.4 Å². The van der Waals surface area contributed by atoms with Gasteiger partial charge in [0.05, 0.1) is 21.3 Å². The van der Waals surface area contributed by atoms with Gasteiger partial charge in [0.25, 0.3) is 11.8 Å². The van der Waals surface area contributed by atoms with Crippen LogP contribution in [0.3, 0.4) is 0 Å². The topological polar surface area (TPSA) is 67.4 Å². The smallest absolute Gasteiger partial charge is 0.259 e. The number of nitrogens with one attached hydrogen (secondary N) is 2. The van der Waals surface area contributed by atoms with E-state index in [0.29, 0.717) is 38.5 Å². The van der Waals surface area contributed by atoms with Crippen LogP contribution in [0.2, 0.25) is 15.1 Å². The van der Waals surface area contributed by atoms with Gasteiger partial charge in [-0.3, -0.25) is 9.59 Å². The second-order valence-electron chi connectivity index (χ2n) is 5.99. The predicted octanol–water partition coefficient (Wildman–Crippen LogP) is 6.26. The number of carbonyl (C=O) groups is 2. The van der Waals surface area contributed by atoms with Crippen molar-refractivity contribution in [3.05, 3.63) is 80.8 Å². The Morgan fingerprint density at radius 3 is 2.46 bits per heavy atom. The van der Waals surface area contributed by atoms with Crippen molar-refractivity contribution in [1.82, 2.24) is 0 Å². The highest BCUT2D eigenvalue weighted by molar-refractivity contribution is 6.42. The minimum absolute atomic E-state index is 0.277. The molecule has 2 N–H and O–H groups in total. The third-order valence-electron chi connectivity index (χ3n) is 4.07. The first-order chi connectivity index (χ1) is 13.4. The molecule has 2 amide bonds. The first kappa shape index (κ1) is 18.6. The van der Waals surface area contributed by atoms with Gasteiger partial charge in [0.15, 0.2) is 5.75 Å². The molecule has 0 bridgehead atoms. The average Bonchev–Trinajstić information content (AvgIpc) is 2.79. The summed E-state index contributed by atoms with van der Waals surface area (Å²) in [5.41, 5.74) is 1.51. The molecule has 0 radical (unpaired) electrons. The van der Waals surface area contributed by atoms with Crippen LogP contribution in [-0.4, -0.2) is 11.8 Å². The highest BCUT2D eigenvalue weighted by Gasteiger charge is 2.22. The summed E-state index contributed by atoms with van der Waals surface area (Å²) in [4.78, 5) is 25.0. The van der Waals surface area contributed by atoms with Gasteiger partial charge in [-0.15, -0.1) is 0 Å². The molecule has 0 fully saturated rings. The zero-order valence-corrected chi connectivity index (χ0v) is 16.3. The molecule has 5 nitrogen and oxygen atoms in total. The largest absolute Gasteiger partial charge is 0.454 e. The molecule has 0 saturated heterocycles. The number of rotatable bonds is 2. The van der Waals surface area contributed by atoms with Crippen molar-refractivity contribution < 1.29 is 14.3 Å². The lowest BCUT2D eigenvalue weighted by Crippen LogP contribution is -2.14. The standard InChI is InChI=1S/C20H11Cl3N2O3/c21-11-2-5-18-16(8-11)25-20(27)13-9-12(3-6-17(13)28-18)24-19(26)10-1-4-14(22)15(23)7-10/h1-9H,(H,24,26)(H,25,27). The van der Waals surface area contributed by atoms with Gasteiger partial charge < -0.3 is 15.4 Å². The van der Waals surface area contributed by atoms with Crippen molar-refractivity contribution in [1.29, 1.82) is 0 Å². The van der Waals surface area contributed by atoms with Crippen LogP contribution in [0.5, 0.6) is 11.5 Å². The van der Waals surface area contributed by atoms with Crippen LogP contribution < -0.4 is 15.4 Å². The van der Waals surface area contributed by atoms with Crippen molar-refractivity contribution in [2.45, 2.75) is 0 Å². The molecule has 0 spiro atoms. The molecule has 0 unspecified atom stereocenters. The summed E-state index contributed by atoms with van der Waals surface area (Å²) in [6.45, 7) is 0. The van der Waals surface area contributed by atoms with E-state index in [-0.39, 0.29) is 22.4 Å². The fraction of sp³-hybridized carbons (Fsp3) is 0. The Morgan fingerprint density at radius 1 is 0.893 bits per heavy atom. The van der Waals surface area contributed by atoms with Gasteiger partial charge in [0, 0.05) is 16.3 Å². The first-order valence-electron chi connectivity index (χ1n) is 8.10. The Hall–Kier alpha value is -2.73. The monoisotopic (exact) mass is 432 g/mol. The molecule has 1 heterocycles. The van der Waals surface area contributed by atoms with Crippen LogP contribution in [0, 0.1) is 0 Å². The van der Waals surface area contributed by atoms with E-state index in [0.717, 1.165) is 0 Å². The van der Waals surface area contributed by atoms with Gasteiger partial charge >= 0.3 is 0 Å². The van der Waals surface area contributed by atoms with Crippen molar-refractivity contribution in [3.63, 3.8) is 0 Å². The zero-order chi connectivity index (χ0) is 19.8. The predicted molar refractivity (Wildman–Crippen MR) is 110 cm³/mol. The maximum atomic E-state index is 12.6. The summed E-state index contributed by atoms with van der Waals surface area (Å²) >= 11 is 17.8. The molecule has 0 aromatic heterocycles. The Bertz CT molecular complexity index is 1130. The number of ether oxygens (including phenoxy) is 1. The van der Waals surface area contributed by atoms with Gasteiger partial charge in [0.1, 0.15) is 5.75 Å². The van der Waals surface area contributed by atoms with Gasteiger partial charge in [0.2, 0.25) is 0 Å². The third-order valence-corrected chi connectivity index (χ3v) is 5.05. The number of fused-ring (bicyclic) bond motifs is 2. The quantitative estimate of drug-likeness (QED) is 0.501. The number of carbonyl (C=O) groups excluding carboxylic acids is 2. The SMILES string of the molecule is O=C(Nc1ccc2c(c1)C(=O)Nc1cc(Cl)ccc1O2)c1ccc(Cl)c(Cl)c1. The molecule has 0 saturated carbocycles. The molecule has 1 aliphatic heterocycles. The second-order valence-corrected chi connectivity index (χ2v) is 7.24. The molecular formula is C20H11Cl3N2O3. The molecule has 140 valence electrons. The summed E-state index contributed by atoms with van der Waals surface area (Å²) < 4.78 is 5.81. The van der Waals surface area contributed by atoms with E-state index in [1.54, 1.807) is 42.5 Å². The Morgan fingerprint density at radius 2 is 1.68 bits per heavy atom. The first-order valence-corrected chi connectivity index (χ1v) is 9.23. The van der Waals surface area contributed by atoms with Gasteiger partial charge in [-0.25, -0.2) is 0 Å². The number of amides is 2. The van der Waals surface area contributed by atoms with Crippen molar-refractivity contribution in [3.8, 4) is 11.5 Å². The number of halogens is 3. The number of hydrogen-bond acceptors (Lipinski definition) is 3. The lowest BCUT2D eigenvalue weighted by Gasteiger charge is -2.10. The Balaban J connectivity index is 1.62. The molecule has 1 aliphatic rings. The normalized spacial score (nSPS) is 12.2. The molecule has 0 aliphatic carbocycles. The summed E-state index contributed by atoms with van der Waals surface area (Å²) in [5, 5.41) is 6.59. The number of benzene rings is 3. The van der Waals surface area contributed by atoms with Crippen LogP contribution in [0.25, 0.3) is 0 Å². The van der Waals surface area contributed by atoms with E-state index in [2.05, 4.69) is 10.6 Å². The second kappa shape index (κ2) is 7.36. The van der Waals surface area contributed by atoms with Crippen LogP contribution in [0.1, 0.15) is 20.7 Å². The summed E-state index contributed by atoms with van der Waals surface area (Å²) in [6, 6.07) is 14.3. The lowest BCUT2D eigenvalue weighted by atomic mass is 10.1. The highest BCUT2D eigenvalue weighted by Crippen LogP contribution is 2.38.